The van der Waals surface area contributed by atoms with Crippen LogP contribution in [0, 0.1) is 5.82 Å². The number of likely N-dealkylation sites (tertiary alicyclic amines) is 1. The molecule has 4 rings (SSSR count). The van der Waals surface area contributed by atoms with Gasteiger partial charge in [0.25, 0.3) is 0 Å². The molecule has 1 unspecified atom stereocenters. The second-order valence-corrected chi connectivity index (χ2v) is 8.55. The molecule has 0 aliphatic carbocycles. The standard InChI is InChI=1S/C19H21ClFNOS/c1-13-11-19(18-14(6-9-23-19)10-17(20)24-18)7-8-22(13)12-15-4-2-3-5-16(15)21/h2-5,10,13H,6-9,11-12H2,1H3/t13-,19?/m0/s1. The molecule has 128 valence electrons. The molecule has 2 aliphatic heterocycles. The van der Waals surface area contributed by atoms with Crippen molar-refractivity contribution in [1.82, 2.24) is 4.90 Å². The van der Waals surface area contributed by atoms with Crippen molar-refractivity contribution in [2.45, 2.75) is 44.4 Å². The lowest BCUT2D eigenvalue weighted by molar-refractivity contribution is -0.110. The fourth-order valence-electron chi connectivity index (χ4n) is 4.06. The molecule has 0 N–H and O–H groups in total. The molecule has 24 heavy (non-hydrogen) atoms. The summed E-state index contributed by atoms with van der Waals surface area (Å²) in [7, 11) is 0. The molecule has 2 nitrogen and oxygen atoms in total. The fourth-order valence-corrected chi connectivity index (χ4v) is 5.54. The highest BCUT2D eigenvalue weighted by Crippen LogP contribution is 2.48. The summed E-state index contributed by atoms with van der Waals surface area (Å²) in [6, 6.07) is 9.49. The van der Waals surface area contributed by atoms with E-state index < -0.39 is 0 Å². The largest absolute Gasteiger partial charge is 0.369 e. The van der Waals surface area contributed by atoms with E-state index in [9.17, 15) is 4.39 Å². The summed E-state index contributed by atoms with van der Waals surface area (Å²) < 4.78 is 21.1. The van der Waals surface area contributed by atoms with Crippen molar-refractivity contribution in [3.8, 4) is 0 Å². The zero-order valence-electron chi connectivity index (χ0n) is 13.7. The van der Waals surface area contributed by atoms with Gasteiger partial charge in [0.05, 0.1) is 10.9 Å². The Balaban J connectivity index is 1.54. The molecule has 0 bridgehead atoms. The third-order valence-electron chi connectivity index (χ3n) is 5.33. The lowest BCUT2D eigenvalue weighted by atomic mass is 9.82. The maximum Gasteiger partial charge on any atom is 0.127 e. The van der Waals surface area contributed by atoms with Gasteiger partial charge in [0.1, 0.15) is 11.4 Å². The molecule has 1 fully saturated rings. The average molecular weight is 366 g/mol. The molecular weight excluding hydrogens is 345 g/mol. The number of hydrogen-bond donors (Lipinski definition) is 0. The van der Waals surface area contributed by atoms with Gasteiger partial charge in [-0.05, 0) is 43.9 Å². The normalized spacial score (nSPS) is 27.4. The van der Waals surface area contributed by atoms with Gasteiger partial charge in [-0.3, -0.25) is 4.90 Å². The van der Waals surface area contributed by atoms with E-state index in [-0.39, 0.29) is 11.4 Å². The van der Waals surface area contributed by atoms with E-state index in [1.54, 1.807) is 17.4 Å². The molecule has 0 amide bonds. The van der Waals surface area contributed by atoms with E-state index in [1.165, 1.54) is 16.5 Å². The summed E-state index contributed by atoms with van der Waals surface area (Å²) in [6.07, 6.45) is 2.83. The SMILES string of the molecule is C[C@H]1CC2(CCN1Cc1ccccc1F)OCCc1cc(Cl)sc12. The average Bonchev–Trinajstić information content (AvgIpc) is 2.94. The third kappa shape index (κ3) is 2.90. The first-order valence-corrected chi connectivity index (χ1v) is 9.67. The quantitative estimate of drug-likeness (QED) is 0.743. The third-order valence-corrected chi connectivity index (χ3v) is 6.82. The Kier molecular flexibility index (Phi) is 4.42. The van der Waals surface area contributed by atoms with E-state index in [1.807, 2.05) is 12.1 Å². The van der Waals surface area contributed by atoms with E-state index in [0.29, 0.717) is 12.6 Å². The fraction of sp³-hybridized carbons (Fsp3) is 0.474. The van der Waals surface area contributed by atoms with Crippen molar-refractivity contribution in [3.63, 3.8) is 0 Å². The van der Waals surface area contributed by atoms with Crippen LogP contribution in [0.3, 0.4) is 0 Å². The second-order valence-electron chi connectivity index (χ2n) is 6.86. The van der Waals surface area contributed by atoms with Crippen molar-refractivity contribution in [1.29, 1.82) is 0 Å². The van der Waals surface area contributed by atoms with Gasteiger partial charge in [-0.15, -0.1) is 11.3 Å². The summed E-state index contributed by atoms with van der Waals surface area (Å²) in [5.74, 6) is -0.119. The number of fused-ring (bicyclic) bond motifs is 2. The number of nitrogens with zero attached hydrogens (tertiary/aromatic N) is 1. The monoisotopic (exact) mass is 365 g/mol. The predicted octanol–water partition coefficient (Wildman–Crippen LogP) is 4.99. The highest BCUT2D eigenvalue weighted by molar-refractivity contribution is 7.16. The molecule has 5 heteroatoms. The van der Waals surface area contributed by atoms with Crippen LogP contribution in [0.25, 0.3) is 0 Å². The van der Waals surface area contributed by atoms with Crippen LogP contribution in [0.2, 0.25) is 4.34 Å². The maximum atomic E-state index is 14.0. The van der Waals surface area contributed by atoms with Crippen LogP contribution in [0.4, 0.5) is 4.39 Å². The summed E-state index contributed by atoms with van der Waals surface area (Å²) in [6.45, 7) is 4.54. The van der Waals surface area contributed by atoms with Gasteiger partial charge < -0.3 is 4.74 Å². The van der Waals surface area contributed by atoms with Gasteiger partial charge in [-0.25, -0.2) is 4.39 Å². The summed E-state index contributed by atoms with van der Waals surface area (Å²) in [5, 5.41) is 0. The smallest absolute Gasteiger partial charge is 0.127 e. The Labute approximate surface area is 151 Å². The summed E-state index contributed by atoms with van der Waals surface area (Å²) in [5.41, 5.74) is 1.92. The Morgan fingerprint density at radius 2 is 2.25 bits per heavy atom. The first kappa shape index (κ1) is 16.5. The topological polar surface area (TPSA) is 12.5 Å². The molecule has 1 spiro atoms. The van der Waals surface area contributed by atoms with E-state index in [2.05, 4.69) is 17.9 Å². The Bertz CT molecular complexity index is 749. The van der Waals surface area contributed by atoms with E-state index >= 15 is 0 Å². The van der Waals surface area contributed by atoms with Crippen molar-refractivity contribution < 1.29 is 9.13 Å². The number of hydrogen-bond acceptors (Lipinski definition) is 3. The molecule has 2 atom stereocenters. The first-order valence-electron chi connectivity index (χ1n) is 8.47. The first-order chi connectivity index (χ1) is 11.6. The number of benzene rings is 1. The number of halogens is 2. The number of rotatable bonds is 2. The van der Waals surface area contributed by atoms with Gasteiger partial charge in [-0.2, -0.15) is 0 Å². The zero-order chi connectivity index (χ0) is 16.7. The Morgan fingerprint density at radius 1 is 1.42 bits per heavy atom. The predicted molar refractivity (Wildman–Crippen MR) is 96.2 cm³/mol. The van der Waals surface area contributed by atoms with Crippen LogP contribution in [-0.2, 0) is 23.3 Å². The van der Waals surface area contributed by atoms with Crippen molar-refractivity contribution >= 4 is 22.9 Å². The van der Waals surface area contributed by atoms with Gasteiger partial charge in [0.2, 0.25) is 0 Å². The molecule has 0 saturated carbocycles. The van der Waals surface area contributed by atoms with Gasteiger partial charge in [-0.1, -0.05) is 29.8 Å². The van der Waals surface area contributed by atoms with Gasteiger partial charge in [0.15, 0.2) is 0 Å². The molecule has 3 heterocycles. The van der Waals surface area contributed by atoms with E-state index in [4.69, 9.17) is 16.3 Å². The molecule has 2 aliphatic rings. The molecule has 1 aromatic carbocycles. The van der Waals surface area contributed by atoms with Crippen LogP contribution in [0.15, 0.2) is 30.3 Å². The van der Waals surface area contributed by atoms with Crippen molar-refractivity contribution in [2.75, 3.05) is 13.2 Å². The van der Waals surface area contributed by atoms with Gasteiger partial charge >= 0.3 is 0 Å². The molecule has 1 aromatic heterocycles. The van der Waals surface area contributed by atoms with Gasteiger partial charge in [0, 0.05) is 29.6 Å². The lowest BCUT2D eigenvalue weighted by Crippen LogP contribution is -2.50. The minimum absolute atomic E-state index is 0.119. The minimum atomic E-state index is -0.198. The van der Waals surface area contributed by atoms with Crippen molar-refractivity contribution in [2.24, 2.45) is 0 Å². The summed E-state index contributed by atoms with van der Waals surface area (Å²) in [4.78, 5) is 3.67. The van der Waals surface area contributed by atoms with Crippen LogP contribution >= 0.6 is 22.9 Å². The highest BCUT2D eigenvalue weighted by atomic mass is 35.5. The molecule has 2 aromatic rings. The molecule has 1 saturated heterocycles. The lowest BCUT2D eigenvalue weighted by Gasteiger charge is -2.47. The maximum absolute atomic E-state index is 14.0. The van der Waals surface area contributed by atoms with Crippen molar-refractivity contribution in [3.05, 3.63) is 56.5 Å². The van der Waals surface area contributed by atoms with Crippen LogP contribution < -0.4 is 0 Å². The number of piperidine rings is 1. The van der Waals surface area contributed by atoms with Crippen LogP contribution in [0.5, 0.6) is 0 Å². The van der Waals surface area contributed by atoms with Crippen LogP contribution in [-0.4, -0.2) is 24.1 Å². The number of thiophene rings is 1. The van der Waals surface area contributed by atoms with E-state index in [0.717, 1.165) is 42.3 Å². The minimum Gasteiger partial charge on any atom is -0.369 e. The Morgan fingerprint density at radius 3 is 3.04 bits per heavy atom. The van der Waals surface area contributed by atoms with Crippen LogP contribution in [0.1, 0.15) is 35.8 Å². The summed E-state index contributed by atoms with van der Waals surface area (Å²) >= 11 is 7.92. The Hall–Kier alpha value is -0.940. The molecule has 0 radical (unpaired) electrons. The second kappa shape index (κ2) is 6.41. The molecular formula is C19H21ClFNOS. The zero-order valence-corrected chi connectivity index (χ0v) is 15.3. The number of ether oxygens (including phenoxy) is 1. The highest BCUT2D eigenvalue weighted by Gasteiger charge is 2.44.